The third-order valence-electron chi connectivity index (χ3n) is 5.98. The molecule has 10 heteroatoms. The first kappa shape index (κ1) is 30.0. The number of para-hydroxylation sites is 2. The Morgan fingerprint density at radius 3 is 2.21 bits per heavy atom. The molecular formula is C29H34ClN3O5S. The number of hydrogen-bond acceptors (Lipinski definition) is 5. The lowest BCUT2D eigenvalue weighted by Crippen LogP contribution is -2.54. The highest BCUT2D eigenvalue weighted by Crippen LogP contribution is 2.30. The smallest absolute Gasteiger partial charge is 0.244 e. The van der Waals surface area contributed by atoms with E-state index in [9.17, 15) is 18.0 Å². The van der Waals surface area contributed by atoms with Crippen LogP contribution < -0.4 is 14.4 Å². The lowest BCUT2D eigenvalue weighted by Gasteiger charge is -2.34. The van der Waals surface area contributed by atoms with Crippen LogP contribution in [-0.2, 0) is 32.6 Å². The fraction of sp³-hybridized carbons (Fsp3) is 0.310. The van der Waals surface area contributed by atoms with Gasteiger partial charge in [-0.15, -0.1) is 0 Å². The molecule has 39 heavy (non-hydrogen) atoms. The van der Waals surface area contributed by atoms with Crippen LogP contribution in [0.5, 0.6) is 5.75 Å². The lowest BCUT2D eigenvalue weighted by molar-refractivity contribution is -0.140. The van der Waals surface area contributed by atoms with Gasteiger partial charge in [-0.1, -0.05) is 66.2 Å². The first-order valence-electron chi connectivity index (χ1n) is 12.5. The third kappa shape index (κ3) is 8.46. The molecule has 3 aromatic carbocycles. The first-order chi connectivity index (χ1) is 18.5. The summed E-state index contributed by atoms with van der Waals surface area (Å²) < 4.78 is 32.2. The molecule has 208 valence electrons. The zero-order valence-corrected chi connectivity index (χ0v) is 24.1. The molecule has 0 bridgehead atoms. The summed E-state index contributed by atoms with van der Waals surface area (Å²) >= 11 is 6.22. The molecule has 3 aromatic rings. The van der Waals surface area contributed by atoms with Crippen LogP contribution in [-0.4, -0.2) is 57.1 Å². The van der Waals surface area contributed by atoms with Gasteiger partial charge < -0.3 is 15.0 Å². The molecular weight excluding hydrogens is 538 g/mol. The van der Waals surface area contributed by atoms with Gasteiger partial charge in [0.15, 0.2) is 0 Å². The maximum Gasteiger partial charge on any atom is 0.244 e. The fourth-order valence-corrected chi connectivity index (χ4v) is 5.26. The molecule has 0 saturated heterocycles. The van der Waals surface area contributed by atoms with E-state index in [0.29, 0.717) is 16.3 Å². The molecule has 1 unspecified atom stereocenters. The van der Waals surface area contributed by atoms with Gasteiger partial charge >= 0.3 is 0 Å². The number of hydrogen-bond donors (Lipinski definition) is 1. The molecule has 0 aliphatic rings. The number of carbonyl (C=O) groups is 2. The van der Waals surface area contributed by atoms with Crippen molar-refractivity contribution in [3.05, 3.63) is 95.0 Å². The molecule has 0 radical (unpaired) electrons. The molecule has 0 aromatic heterocycles. The van der Waals surface area contributed by atoms with E-state index in [1.807, 2.05) is 44.2 Å². The maximum absolute atomic E-state index is 14.1. The Kier molecular flexibility index (Phi) is 10.4. The minimum absolute atomic E-state index is 0.0476. The number of halogens is 1. The van der Waals surface area contributed by atoms with Crippen LogP contribution in [0.4, 0.5) is 5.69 Å². The van der Waals surface area contributed by atoms with Crippen molar-refractivity contribution in [3.63, 3.8) is 0 Å². The SMILES string of the molecule is COc1ccccc1N(CC(=O)N(Cc1cccc(Cl)c1)C(Cc1ccccc1)C(=O)NC(C)C)S(C)(=O)=O. The van der Waals surface area contributed by atoms with E-state index in [1.165, 1.54) is 12.0 Å². The van der Waals surface area contributed by atoms with Crippen molar-refractivity contribution in [3.8, 4) is 5.75 Å². The minimum Gasteiger partial charge on any atom is -0.495 e. The topological polar surface area (TPSA) is 96.0 Å². The quantitative estimate of drug-likeness (QED) is 0.350. The third-order valence-corrected chi connectivity index (χ3v) is 7.34. The summed E-state index contributed by atoms with van der Waals surface area (Å²) in [5, 5.41) is 3.40. The number of nitrogens with zero attached hydrogens (tertiary/aromatic N) is 2. The molecule has 3 rings (SSSR count). The number of rotatable bonds is 12. The lowest BCUT2D eigenvalue weighted by atomic mass is 10.0. The highest BCUT2D eigenvalue weighted by Gasteiger charge is 2.33. The summed E-state index contributed by atoms with van der Waals surface area (Å²) in [5.41, 5.74) is 1.79. The maximum atomic E-state index is 14.1. The molecule has 0 aliphatic heterocycles. The molecule has 2 amide bonds. The number of amides is 2. The van der Waals surface area contributed by atoms with Crippen LogP contribution in [0.2, 0.25) is 5.02 Å². The number of nitrogens with one attached hydrogen (secondary N) is 1. The van der Waals surface area contributed by atoms with Crippen LogP contribution in [0.25, 0.3) is 0 Å². The summed E-state index contributed by atoms with van der Waals surface area (Å²) in [4.78, 5) is 29.0. The zero-order valence-electron chi connectivity index (χ0n) is 22.5. The summed E-state index contributed by atoms with van der Waals surface area (Å²) in [6.07, 6.45) is 1.26. The van der Waals surface area contributed by atoms with Gasteiger partial charge in [0.25, 0.3) is 0 Å². The highest BCUT2D eigenvalue weighted by atomic mass is 35.5. The van der Waals surface area contributed by atoms with Gasteiger partial charge in [0.2, 0.25) is 21.8 Å². The molecule has 0 fully saturated rings. The second-order valence-corrected chi connectivity index (χ2v) is 11.8. The summed E-state index contributed by atoms with van der Waals surface area (Å²) in [7, 11) is -2.47. The first-order valence-corrected chi connectivity index (χ1v) is 14.7. The molecule has 0 spiro atoms. The van der Waals surface area contributed by atoms with Crippen molar-refractivity contribution in [1.29, 1.82) is 0 Å². The Morgan fingerprint density at radius 2 is 1.59 bits per heavy atom. The number of carbonyl (C=O) groups excluding carboxylic acids is 2. The second-order valence-electron chi connectivity index (χ2n) is 9.46. The number of sulfonamides is 1. The van der Waals surface area contributed by atoms with Gasteiger partial charge in [-0.05, 0) is 49.2 Å². The molecule has 8 nitrogen and oxygen atoms in total. The van der Waals surface area contributed by atoms with E-state index in [-0.39, 0.29) is 30.6 Å². The van der Waals surface area contributed by atoms with Crippen LogP contribution in [0.15, 0.2) is 78.9 Å². The fourth-order valence-electron chi connectivity index (χ4n) is 4.20. The van der Waals surface area contributed by atoms with Crippen molar-refractivity contribution in [2.75, 3.05) is 24.2 Å². The summed E-state index contributed by atoms with van der Waals surface area (Å²) in [6.45, 7) is 3.20. The van der Waals surface area contributed by atoms with E-state index in [2.05, 4.69) is 5.32 Å². The van der Waals surface area contributed by atoms with Crippen molar-refractivity contribution in [2.24, 2.45) is 0 Å². The predicted molar refractivity (Wildman–Crippen MR) is 154 cm³/mol. The van der Waals surface area contributed by atoms with Crippen molar-refractivity contribution in [2.45, 2.75) is 38.9 Å². The molecule has 1 N–H and O–H groups in total. The summed E-state index contributed by atoms with van der Waals surface area (Å²) in [5.74, 6) is -0.589. The van der Waals surface area contributed by atoms with Crippen molar-refractivity contribution < 1.29 is 22.7 Å². The molecule has 0 aliphatic carbocycles. The van der Waals surface area contributed by atoms with Gasteiger partial charge in [-0.2, -0.15) is 0 Å². The van der Waals surface area contributed by atoms with E-state index >= 15 is 0 Å². The van der Waals surface area contributed by atoms with Crippen LogP contribution in [0, 0.1) is 0 Å². The Hall–Kier alpha value is -3.56. The highest BCUT2D eigenvalue weighted by molar-refractivity contribution is 7.92. The average molecular weight is 572 g/mol. The van der Waals surface area contributed by atoms with Gasteiger partial charge in [0.05, 0.1) is 19.1 Å². The molecule has 0 heterocycles. The van der Waals surface area contributed by atoms with Gasteiger partial charge in [0, 0.05) is 24.0 Å². The van der Waals surface area contributed by atoms with Crippen LogP contribution >= 0.6 is 11.6 Å². The predicted octanol–water partition coefficient (Wildman–Crippen LogP) is 4.28. The molecule has 1 atom stereocenters. The summed E-state index contributed by atoms with van der Waals surface area (Å²) in [6, 6.07) is 21.9. The van der Waals surface area contributed by atoms with Gasteiger partial charge in [0.1, 0.15) is 18.3 Å². The Labute approximate surface area is 235 Å². The van der Waals surface area contributed by atoms with E-state index in [0.717, 1.165) is 16.1 Å². The minimum atomic E-state index is -3.90. The zero-order chi connectivity index (χ0) is 28.6. The number of anilines is 1. The largest absolute Gasteiger partial charge is 0.495 e. The number of benzene rings is 3. The van der Waals surface area contributed by atoms with Gasteiger partial charge in [-0.25, -0.2) is 8.42 Å². The Bertz CT molecular complexity index is 1380. The standard InChI is InChI=1S/C29H34ClN3O5S/c1-21(2)31-29(35)26(18-22-11-6-5-7-12-22)32(19-23-13-10-14-24(30)17-23)28(34)20-33(39(4,36)37)25-15-8-9-16-27(25)38-3/h5-17,21,26H,18-20H2,1-4H3,(H,31,35). The average Bonchev–Trinajstić information content (AvgIpc) is 2.88. The van der Waals surface area contributed by atoms with Crippen LogP contribution in [0.3, 0.4) is 0 Å². The molecule has 0 saturated carbocycles. The monoisotopic (exact) mass is 571 g/mol. The van der Waals surface area contributed by atoms with Crippen LogP contribution in [0.1, 0.15) is 25.0 Å². The number of ether oxygens (including phenoxy) is 1. The van der Waals surface area contributed by atoms with Gasteiger partial charge in [-0.3, -0.25) is 13.9 Å². The normalized spacial score (nSPS) is 12.1. The van der Waals surface area contributed by atoms with Crippen molar-refractivity contribution >= 4 is 39.1 Å². The second kappa shape index (κ2) is 13.5. The van der Waals surface area contributed by atoms with E-state index < -0.39 is 28.5 Å². The number of methoxy groups -OCH3 is 1. The Morgan fingerprint density at radius 1 is 0.949 bits per heavy atom. The van der Waals surface area contributed by atoms with E-state index in [1.54, 1.807) is 48.5 Å². The van der Waals surface area contributed by atoms with Crippen molar-refractivity contribution in [1.82, 2.24) is 10.2 Å². The van der Waals surface area contributed by atoms with E-state index in [4.69, 9.17) is 16.3 Å². The Balaban J connectivity index is 2.08.